The maximum Gasteiger partial charge on any atom is 0.573 e. The molecule has 2 heterocycles. The number of alkyl halides is 3. The Labute approximate surface area is 194 Å². The number of hydrogen-bond acceptors (Lipinski definition) is 4. The highest BCUT2D eigenvalue weighted by Crippen LogP contribution is 2.39. The summed E-state index contributed by atoms with van der Waals surface area (Å²) < 4.78 is 49.6. The highest BCUT2D eigenvalue weighted by molar-refractivity contribution is 6.02. The lowest BCUT2D eigenvalue weighted by molar-refractivity contribution is -0.274. The van der Waals surface area contributed by atoms with E-state index in [1.54, 1.807) is 16.5 Å². The van der Waals surface area contributed by atoms with Crippen molar-refractivity contribution in [1.82, 2.24) is 14.5 Å². The SMILES string of the molecule is C=C1c2c(nc(Oc3cccc(OC(F)(F)F)c3)n2Cc2ccccc2)N(C)C(=O)N1CCC. The molecule has 1 aromatic heterocycles. The number of carbonyl (C=O) groups excluding carboxylic acids is 1. The number of halogens is 3. The average Bonchev–Trinajstić information content (AvgIpc) is 3.13. The molecule has 0 saturated carbocycles. The Morgan fingerprint density at radius 1 is 1.06 bits per heavy atom. The minimum atomic E-state index is -4.83. The van der Waals surface area contributed by atoms with Gasteiger partial charge in [-0.1, -0.05) is 49.9 Å². The number of ether oxygens (including phenoxy) is 2. The van der Waals surface area contributed by atoms with Gasteiger partial charge in [0.15, 0.2) is 5.82 Å². The van der Waals surface area contributed by atoms with Crippen LogP contribution < -0.4 is 14.4 Å². The monoisotopic (exact) mass is 472 g/mol. The Bertz CT molecular complexity index is 1210. The zero-order chi connectivity index (χ0) is 24.5. The van der Waals surface area contributed by atoms with Crippen molar-refractivity contribution in [3.05, 3.63) is 72.4 Å². The summed E-state index contributed by atoms with van der Waals surface area (Å²) in [6, 6.07) is 14.6. The molecule has 1 aliphatic heterocycles. The first-order valence-electron chi connectivity index (χ1n) is 10.6. The molecule has 178 valence electrons. The van der Waals surface area contributed by atoms with E-state index in [1.165, 1.54) is 23.1 Å². The molecule has 0 atom stereocenters. The van der Waals surface area contributed by atoms with Gasteiger partial charge >= 0.3 is 18.4 Å². The fourth-order valence-electron chi connectivity index (χ4n) is 3.74. The lowest BCUT2D eigenvalue weighted by Crippen LogP contribution is -2.44. The Morgan fingerprint density at radius 2 is 1.76 bits per heavy atom. The molecule has 10 heteroatoms. The number of anilines is 1. The van der Waals surface area contributed by atoms with E-state index >= 15 is 0 Å². The van der Waals surface area contributed by atoms with Crippen LogP contribution in [0.25, 0.3) is 5.70 Å². The third-order valence-electron chi connectivity index (χ3n) is 5.23. The van der Waals surface area contributed by atoms with Gasteiger partial charge in [-0.3, -0.25) is 14.4 Å². The minimum Gasteiger partial charge on any atom is -0.425 e. The van der Waals surface area contributed by atoms with Crippen molar-refractivity contribution in [1.29, 1.82) is 0 Å². The number of fused-ring (bicyclic) bond motifs is 1. The van der Waals surface area contributed by atoms with Gasteiger partial charge in [0.2, 0.25) is 0 Å². The summed E-state index contributed by atoms with van der Waals surface area (Å²) >= 11 is 0. The van der Waals surface area contributed by atoms with Crippen LogP contribution in [-0.4, -0.2) is 40.4 Å². The molecule has 0 fully saturated rings. The largest absolute Gasteiger partial charge is 0.573 e. The molecule has 0 N–H and O–H groups in total. The van der Waals surface area contributed by atoms with Crippen LogP contribution in [0.1, 0.15) is 24.6 Å². The number of hydrogen-bond donors (Lipinski definition) is 0. The molecule has 3 aromatic rings. The van der Waals surface area contributed by atoms with Gasteiger partial charge in [0.1, 0.15) is 17.2 Å². The molecule has 2 amide bonds. The van der Waals surface area contributed by atoms with Gasteiger partial charge in [-0.05, 0) is 24.1 Å². The predicted octanol–water partition coefficient (Wildman–Crippen LogP) is 5.87. The fourth-order valence-corrected chi connectivity index (χ4v) is 3.74. The maximum atomic E-state index is 12.9. The molecule has 0 unspecified atom stereocenters. The minimum absolute atomic E-state index is 0.100. The van der Waals surface area contributed by atoms with Crippen LogP contribution in [0.4, 0.5) is 23.8 Å². The molecule has 34 heavy (non-hydrogen) atoms. The van der Waals surface area contributed by atoms with E-state index in [1.807, 2.05) is 37.3 Å². The van der Waals surface area contributed by atoms with Gasteiger partial charge in [-0.15, -0.1) is 13.2 Å². The van der Waals surface area contributed by atoms with Crippen molar-refractivity contribution in [3.8, 4) is 17.5 Å². The first kappa shape index (κ1) is 23.2. The van der Waals surface area contributed by atoms with E-state index in [2.05, 4.69) is 16.3 Å². The van der Waals surface area contributed by atoms with E-state index in [4.69, 9.17) is 4.74 Å². The number of carbonyl (C=O) groups is 1. The molecule has 0 saturated heterocycles. The number of rotatable bonds is 7. The molecule has 0 radical (unpaired) electrons. The topological polar surface area (TPSA) is 59.8 Å². The second-order valence-corrected chi connectivity index (χ2v) is 7.70. The third kappa shape index (κ3) is 4.70. The van der Waals surface area contributed by atoms with Crippen LogP contribution in [-0.2, 0) is 6.54 Å². The Morgan fingerprint density at radius 3 is 2.44 bits per heavy atom. The Kier molecular flexibility index (Phi) is 6.23. The molecule has 0 spiro atoms. The lowest BCUT2D eigenvalue weighted by atomic mass is 10.2. The first-order valence-corrected chi connectivity index (χ1v) is 10.6. The zero-order valence-corrected chi connectivity index (χ0v) is 18.7. The lowest BCUT2D eigenvalue weighted by Gasteiger charge is -2.34. The van der Waals surface area contributed by atoms with Crippen molar-refractivity contribution >= 4 is 17.5 Å². The number of imidazole rings is 1. The molecule has 2 aromatic carbocycles. The summed E-state index contributed by atoms with van der Waals surface area (Å²) in [6.07, 6.45) is -4.09. The maximum absolute atomic E-state index is 12.9. The summed E-state index contributed by atoms with van der Waals surface area (Å²) in [5.74, 6) is 0.0427. The van der Waals surface area contributed by atoms with Gasteiger partial charge in [-0.2, -0.15) is 4.98 Å². The van der Waals surface area contributed by atoms with Crippen molar-refractivity contribution in [2.24, 2.45) is 0 Å². The van der Waals surface area contributed by atoms with Crippen molar-refractivity contribution in [2.75, 3.05) is 18.5 Å². The van der Waals surface area contributed by atoms with E-state index in [0.29, 0.717) is 30.3 Å². The number of urea groups is 1. The second kappa shape index (κ2) is 9.12. The van der Waals surface area contributed by atoms with Crippen LogP contribution in [0.15, 0.2) is 61.2 Å². The highest BCUT2D eigenvalue weighted by Gasteiger charge is 2.36. The van der Waals surface area contributed by atoms with E-state index in [-0.39, 0.29) is 17.8 Å². The van der Waals surface area contributed by atoms with Gasteiger partial charge in [0.25, 0.3) is 0 Å². The summed E-state index contributed by atoms with van der Waals surface area (Å²) in [6.45, 7) is 6.92. The summed E-state index contributed by atoms with van der Waals surface area (Å²) in [5.41, 5.74) is 2.01. The highest BCUT2D eigenvalue weighted by atomic mass is 19.4. The summed E-state index contributed by atoms with van der Waals surface area (Å²) in [4.78, 5) is 20.4. The van der Waals surface area contributed by atoms with Crippen LogP contribution in [0.2, 0.25) is 0 Å². The molecule has 4 rings (SSSR count). The smallest absolute Gasteiger partial charge is 0.425 e. The average molecular weight is 472 g/mol. The molecule has 0 bridgehead atoms. The van der Waals surface area contributed by atoms with Gasteiger partial charge in [0.05, 0.1) is 12.2 Å². The van der Waals surface area contributed by atoms with Gasteiger partial charge < -0.3 is 9.47 Å². The zero-order valence-electron chi connectivity index (χ0n) is 18.7. The fraction of sp³-hybridized carbons (Fsp3) is 0.250. The Hall–Kier alpha value is -3.95. The van der Waals surface area contributed by atoms with Crippen LogP contribution >= 0.6 is 0 Å². The van der Waals surface area contributed by atoms with Crippen LogP contribution in [0.5, 0.6) is 17.5 Å². The van der Waals surface area contributed by atoms with Crippen LogP contribution in [0.3, 0.4) is 0 Å². The third-order valence-corrected chi connectivity index (χ3v) is 5.23. The van der Waals surface area contributed by atoms with Crippen molar-refractivity contribution < 1.29 is 27.4 Å². The summed E-state index contributed by atoms with van der Waals surface area (Å²) in [5, 5.41) is 0. The number of nitrogens with zero attached hydrogens (tertiary/aromatic N) is 4. The molecular formula is C24H23F3N4O3. The Balaban J connectivity index is 1.78. The van der Waals surface area contributed by atoms with Gasteiger partial charge in [-0.25, -0.2) is 4.79 Å². The quantitative estimate of drug-likeness (QED) is 0.431. The molecule has 7 nitrogen and oxygen atoms in total. The van der Waals surface area contributed by atoms with E-state index in [0.717, 1.165) is 18.1 Å². The van der Waals surface area contributed by atoms with Crippen molar-refractivity contribution in [2.45, 2.75) is 26.3 Å². The normalized spacial score (nSPS) is 13.8. The molecular weight excluding hydrogens is 449 g/mol. The van der Waals surface area contributed by atoms with Gasteiger partial charge in [0, 0.05) is 19.7 Å². The van der Waals surface area contributed by atoms with Crippen LogP contribution in [0, 0.1) is 0 Å². The molecule has 0 aliphatic carbocycles. The van der Waals surface area contributed by atoms with E-state index in [9.17, 15) is 18.0 Å². The summed E-state index contributed by atoms with van der Waals surface area (Å²) in [7, 11) is 1.61. The standard InChI is InChI=1S/C24H23F3N4O3/c1-4-13-30-16(2)20-21(29(3)23(30)32)28-22(31(20)15-17-9-6-5-7-10-17)33-18-11-8-12-19(14-18)34-24(25,26)27/h5-12,14H,2,4,13,15H2,1,3H3. The first-order chi connectivity index (χ1) is 16.2. The number of benzene rings is 2. The molecule has 1 aliphatic rings. The number of aromatic nitrogens is 2. The van der Waals surface area contributed by atoms with Crippen molar-refractivity contribution in [3.63, 3.8) is 0 Å². The number of amides is 2. The second-order valence-electron chi connectivity index (χ2n) is 7.70. The van der Waals surface area contributed by atoms with E-state index < -0.39 is 12.1 Å². The predicted molar refractivity (Wildman–Crippen MR) is 121 cm³/mol.